The van der Waals surface area contributed by atoms with E-state index in [-0.39, 0.29) is 11.6 Å². The van der Waals surface area contributed by atoms with Crippen LogP contribution in [0.3, 0.4) is 0 Å². The summed E-state index contributed by atoms with van der Waals surface area (Å²) in [6.07, 6.45) is 4.12. The minimum atomic E-state index is -0.315. The zero-order valence-corrected chi connectivity index (χ0v) is 14.7. The van der Waals surface area contributed by atoms with E-state index in [0.29, 0.717) is 12.5 Å². The second-order valence-corrected chi connectivity index (χ2v) is 6.80. The molecule has 0 atom stereocenters. The van der Waals surface area contributed by atoms with E-state index >= 15 is 0 Å². The van der Waals surface area contributed by atoms with Crippen LogP contribution < -0.4 is 10.6 Å². The molecule has 0 unspecified atom stereocenters. The highest BCUT2D eigenvalue weighted by Gasteiger charge is 2.15. The molecule has 0 radical (unpaired) electrons. The monoisotopic (exact) mass is 338 g/mol. The molecule has 2 amide bonds. The van der Waals surface area contributed by atoms with Gasteiger partial charge in [0.1, 0.15) is 6.33 Å². The van der Waals surface area contributed by atoms with Gasteiger partial charge in [0, 0.05) is 18.1 Å². The minimum absolute atomic E-state index is 0.175. The Morgan fingerprint density at radius 1 is 1.16 bits per heavy atom. The van der Waals surface area contributed by atoms with Crippen LogP contribution >= 0.6 is 0 Å². The number of rotatable bonds is 4. The van der Waals surface area contributed by atoms with E-state index in [4.69, 9.17) is 0 Å². The molecule has 2 N–H and O–H groups in total. The number of urea groups is 1. The fraction of sp³-hybridized carbons (Fsp3) is 0.333. The molecule has 1 aromatic carbocycles. The van der Waals surface area contributed by atoms with Crippen molar-refractivity contribution < 1.29 is 4.79 Å². The summed E-state index contributed by atoms with van der Waals surface area (Å²) in [5, 5.41) is 10.8. The first-order valence-corrected chi connectivity index (χ1v) is 8.23. The fourth-order valence-electron chi connectivity index (χ4n) is 2.47. The number of hydrogen-bond donors (Lipinski definition) is 2. The predicted octanol–water partition coefficient (Wildman–Crippen LogP) is 2.95. The lowest BCUT2D eigenvalue weighted by Gasteiger charge is -2.17. The average molecular weight is 338 g/mol. The number of aromatic nitrogens is 4. The lowest BCUT2D eigenvalue weighted by molar-refractivity contribution is 0.252. The Hall–Kier alpha value is -2.96. The minimum Gasteiger partial charge on any atom is -0.337 e. The van der Waals surface area contributed by atoms with E-state index in [1.165, 1.54) is 0 Å². The molecule has 0 saturated carbocycles. The molecule has 2 aromatic heterocycles. The van der Waals surface area contributed by atoms with Gasteiger partial charge in [-0.15, -0.1) is 5.10 Å². The Kier molecular flexibility index (Phi) is 4.65. The molecule has 0 fully saturated rings. The highest BCUT2D eigenvalue weighted by molar-refractivity contribution is 5.87. The predicted molar refractivity (Wildman–Crippen MR) is 97.5 cm³/mol. The van der Waals surface area contributed by atoms with Gasteiger partial charge in [-0.3, -0.25) is 10.3 Å². The number of pyridine rings is 1. The van der Waals surface area contributed by atoms with Crippen LogP contribution in [0.4, 0.5) is 10.7 Å². The highest BCUT2D eigenvalue weighted by atomic mass is 16.2. The molecule has 0 saturated heterocycles. The van der Waals surface area contributed by atoms with Crippen LogP contribution in [-0.4, -0.2) is 32.3 Å². The van der Waals surface area contributed by atoms with Gasteiger partial charge < -0.3 is 5.32 Å². The van der Waals surface area contributed by atoms with Crippen molar-refractivity contribution in [2.45, 2.75) is 32.7 Å². The van der Waals surface area contributed by atoms with Crippen molar-refractivity contribution in [2.75, 3.05) is 11.9 Å². The third-order valence-corrected chi connectivity index (χ3v) is 3.82. The molecule has 2 heterocycles. The third kappa shape index (κ3) is 4.12. The molecule has 7 nitrogen and oxygen atoms in total. The van der Waals surface area contributed by atoms with E-state index in [2.05, 4.69) is 25.7 Å². The standard InChI is InChI=1S/C18H22N6O/c1-18(2,3)24-12-21-16(23-24)22-17(25)20-11-9-13-8-10-19-15-7-5-4-6-14(13)15/h4-8,10,12H,9,11H2,1-3H3,(H2,20,22,23,25). The number of fused-ring (bicyclic) bond motifs is 1. The van der Waals surface area contributed by atoms with Crippen LogP contribution in [0.1, 0.15) is 26.3 Å². The molecular weight excluding hydrogens is 316 g/mol. The second kappa shape index (κ2) is 6.88. The maximum atomic E-state index is 12.0. The molecular formula is C18H22N6O. The number of amides is 2. The molecule has 0 aliphatic rings. The zero-order valence-electron chi connectivity index (χ0n) is 14.7. The first-order chi connectivity index (χ1) is 11.9. The van der Waals surface area contributed by atoms with Gasteiger partial charge in [-0.1, -0.05) is 18.2 Å². The summed E-state index contributed by atoms with van der Waals surface area (Å²) in [5.41, 5.74) is 1.94. The summed E-state index contributed by atoms with van der Waals surface area (Å²) in [5.74, 6) is 0.293. The number of nitrogens with one attached hydrogen (secondary N) is 2. The van der Waals surface area contributed by atoms with Crippen LogP contribution in [0.15, 0.2) is 42.9 Å². The van der Waals surface area contributed by atoms with Crippen molar-refractivity contribution in [3.8, 4) is 0 Å². The van der Waals surface area contributed by atoms with E-state index in [1.54, 1.807) is 17.2 Å². The summed E-state index contributed by atoms with van der Waals surface area (Å²) in [6.45, 7) is 6.57. The van der Waals surface area contributed by atoms with Gasteiger partial charge in [0.15, 0.2) is 0 Å². The smallest absolute Gasteiger partial charge is 0.321 e. The van der Waals surface area contributed by atoms with Gasteiger partial charge in [-0.05, 0) is 44.9 Å². The lowest BCUT2D eigenvalue weighted by Crippen LogP contribution is -2.31. The third-order valence-electron chi connectivity index (χ3n) is 3.82. The molecule has 0 spiro atoms. The quantitative estimate of drug-likeness (QED) is 0.766. The summed E-state index contributed by atoms with van der Waals surface area (Å²) in [6, 6.07) is 9.65. The largest absolute Gasteiger partial charge is 0.337 e. The van der Waals surface area contributed by atoms with E-state index in [0.717, 1.165) is 22.9 Å². The SMILES string of the molecule is CC(C)(C)n1cnc(NC(=O)NCCc2ccnc3ccccc23)n1. The van der Waals surface area contributed by atoms with Gasteiger partial charge >= 0.3 is 6.03 Å². The number of hydrogen-bond acceptors (Lipinski definition) is 4. The molecule has 25 heavy (non-hydrogen) atoms. The lowest BCUT2D eigenvalue weighted by atomic mass is 10.1. The Balaban J connectivity index is 1.55. The summed E-state index contributed by atoms with van der Waals surface area (Å²) < 4.78 is 1.71. The Morgan fingerprint density at radius 2 is 1.96 bits per heavy atom. The van der Waals surface area contributed by atoms with Gasteiger partial charge in [-0.2, -0.15) is 0 Å². The van der Waals surface area contributed by atoms with Gasteiger partial charge in [-0.25, -0.2) is 14.5 Å². The van der Waals surface area contributed by atoms with Crippen LogP contribution in [0.25, 0.3) is 10.9 Å². The van der Waals surface area contributed by atoms with Crippen molar-refractivity contribution in [3.63, 3.8) is 0 Å². The highest BCUT2D eigenvalue weighted by Crippen LogP contribution is 2.16. The maximum absolute atomic E-state index is 12.0. The van der Waals surface area contributed by atoms with E-state index in [1.807, 2.05) is 51.1 Å². The van der Waals surface area contributed by atoms with Crippen molar-refractivity contribution >= 4 is 22.9 Å². The first kappa shape index (κ1) is 16.9. The second-order valence-electron chi connectivity index (χ2n) is 6.80. The zero-order chi connectivity index (χ0) is 17.9. The maximum Gasteiger partial charge on any atom is 0.321 e. The topological polar surface area (TPSA) is 84.7 Å². The Labute approximate surface area is 146 Å². The Bertz CT molecular complexity index is 875. The van der Waals surface area contributed by atoms with Crippen molar-refractivity contribution in [1.82, 2.24) is 25.1 Å². The number of nitrogens with zero attached hydrogens (tertiary/aromatic N) is 4. The fourth-order valence-corrected chi connectivity index (χ4v) is 2.47. The normalized spacial score (nSPS) is 11.5. The van der Waals surface area contributed by atoms with Gasteiger partial charge in [0.05, 0.1) is 11.1 Å². The van der Waals surface area contributed by atoms with E-state index < -0.39 is 0 Å². The molecule has 3 aromatic rings. The summed E-state index contributed by atoms with van der Waals surface area (Å²) in [4.78, 5) is 20.4. The number of para-hydroxylation sites is 1. The molecule has 0 bridgehead atoms. The van der Waals surface area contributed by atoms with Crippen LogP contribution in [0.2, 0.25) is 0 Å². The number of benzene rings is 1. The van der Waals surface area contributed by atoms with Crippen molar-refractivity contribution in [2.24, 2.45) is 0 Å². The summed E-state index contributed by atoms with van der Waals surface area (Å²) >= 11 is 0. The molecule has 0 aliphatic heterocycles. The van der Waals surface area contributed by atoms with Crippen LogP contribution in [0, 0.1) is 0 Å². The van der Waals surface area contributed by atoms with Gasteiger partial charge in [0.2, 0.25) is 5.95 Å². The number of carbonyl (C=O) groups excluding carboxylic acids is 1. The van der Waals surface area contributed by atoms with Crippen LogP contribution in [0.5, 0.6) is 0 Å². The number of anilines is 1. The molecule has 0 aliphatic carbocycles. The van der Waals surface area contributed by atoms with Crippen molar-refractivity contribution in [3.05, 3.63) is 48.4 Å². The summed E-state index contributed by atoms with van der Waals surface area (Å²) in [7, 11) is 0. The Morgan fingerprint density at radius 3 is 2.72 bits per heavy atom. The molecule has 7 heteroatoms. The van der Waals surface area contributed by atoms with Crippen molar-refractivity contribution in [1.29, 1.82) is 0 Å². The molecule has 3 rings (SSSR count). The number of carbonyl (C=O) groups is 1. The van der Waals surface area contributed by atoms with Gasteiger partial charge in [0.25, 0.3) is 0 Å². The van der Waals surface area contributed by atoms with E-state index in [9.17, 15) is 4.79 Å². The average Bonchev–Trinajstić information content (AvgIpc) is 3.04. The van der Waals surface area contributed by atoms with Crippen LogP contribution in [-0.2, 0) is 12.0 Å². The first-order valence-electron chi connectivity index (χ1n) is 8.23. The molecule has 130 valence electrons.